The lowest BCUT2D eigenvalue weighted by Gasteiger charge is -2.16. The molecule has 0 spiro atoms. The van der Waals surface area contributed by atoms with Crippen molar-refractivity contribution in [1.29, 1.82) is 0 Å². The lowest BCUT2D eigenvalue weighted by molar-refractivity contribution is 0.235. The quantitative estimate of drug-likeness (QED) is 0.585. The van der Waals surface area contributed by atoms with Gasteiger partial charge >= 0.3 is 0 Å². The van der Waals surface area contributed by atoms with Crippen molar-refractivity contribution < 1.29 is 10.2 Å². The fourth-order valence-electron chi connectivity index (χ4n) is 1.33. The number of rotatable bonds is 6. The maximum atomic E-state index is 9.15. The summed E-state index contributed by atoms with van der Waals surface area (Å²) in [6.07, 6.45) is 0.712. The first kappa shape index (κ1) is 11.2. The Bertz CT molecular complexity index is 238. The highest BCUT2D eigenvalue weighted by molar-refractivity contribution is 5.18. The van der Waals surface area contributed by atoms with E-state index in [1.165, 1.54) is 0 Å². The normalized spacial score (nSPS) is 12.7. The maximum Gasteiger partial charge on any atom is 0.0626 e. The predicted molar refractivity (Wildman–Crippen MR) is 56.0 cm³/mol. The summed E-state index contributed by atoms with van der Waals surface area (Å²) in [4.78, 5) is 0. The predicted octanol–water partition coefficient (Wildman–Crippen LogP) is 0.692. The van der Waals surface area contributed by atoms with Gasteiger partial charge in [0.05, 0.1) is 12.6 Å². The lowest BCUT2D eigenvalue weighted by Crippen LogP contribution is -2.25. The highest BCUT2D eigenvalue weighted by Crippen LogP contribution is 2.10. The Morgan fingerprint density at radius 3 is 2.43 bits per heavy atom. The molecule has 0 amide bonds. The molecule has 0 fully saturated rings. The first-order chi connectivity index (χ1) is 6.88. The Kier molecular flexibility index (Phi) is 5.22. The van der Waals surface area contributed by atoms with Crippen LogP contribution in [0.5, 0.6) is 0 Å². The zero-order valence-electron chi connectivity index (χ0n) is 8.19. The van der Waals surface area contributed by atoms with Gasteiger partial charge in [-0.15, -0.1) is 0 Å². The SMILES string of the molecule is OCCCNC(CO)c1ccccc1. The van der Waals surface area contributed by atoms with Gasteiger partial charge in [0.2, 0.25) is 0 Å². The van der Waals surface area contributed by atoms with Crippen molar-refractivity contribution in [2.45, 2.75) is 12.5 Å². The highest BCUT2D eigenvalue weighted by Gasteiger charge is 2.07. The summed E-state index contributed by atoms with van der Waals surface area (Å²) in [5.41, 5.74) is 1.08. The van der Waals surface area contributed by atoms with E-state index in [2.05, 4.69) is 5.32 Å². The minimum Gasteiger partial charge on any atom is -0.396 e. The lowest BCUT2D eigenvalue weighted by atomic mass is 10.1. The molecular formula is C11H17NO2. The fraction of sp³-hybridized carbons (Fsp3) is 0.455. The van der Waals surface area contributed by atoms with E-state index in [1.54, 1.807) is 0 Å². The van der Waals surface area contributed by atoms with Crippen molar-refractivity contribution in [3.05, 3.63) is 35.9 Å². The summed E-state index contributed by atoms with van der Waals surface area (Å²) in [6.45, 7) is 0.978. The molecule has 1 unspecified atom stereocenters. The Hall–Kier alpha value is -0.900. The van der Waals surface area contributed by atoms with E-state index in [0.717, 1.165) is 12.1 Å². The standard InChI is InChI=1S/C11H17NO2/c13-8-4-7-12-11(9-14)10-5-2-1-3-6-10/h1-3,5-6,11-14H,4,7-9H2. The van der Waals surface area contributed by atoms with Crippen LogP contribution >= 0.6 is 0 Å². The van der Waals surface area contributed by atoms with Gasteiger partial charge in [-0.05, 0) is 18.5 Å². The van der Waals surface area contributed by atoms with Crippen molar-refractivity contribution in [2.24, 2.45) is 0 Å². The third-order valence-electron chi connectivity index (χ3n) is 2.11. The van der Waals surface area contributed by atoms with Crippen LogP contribution in [0.3, 0.4) is 0 Å². The molecule has 0 aliphatic carbocycles. The number of hydrogen-bond acceptors (Lipinski definition) is 3. The van der Waals surface area contributed by atoms with Crippen molar-refractivity contribution in [3.63, 3.8) is 0 Å². The van der Waals surface area contributed by atoms with Crippen LogP contribution in [0.25, 0.3) is 0 Å². The van der Waals surface area contributed by atoms with E-state index >= 15 is 0 Å². The Morgan fingerprint density at radius 1 is 1.14 bits per heavy atom. The highest BCUT2D eigenvalue weighted by atomic mass is 16.3. The second kappa shape index (κ2) is 6.54. The molecule has 1 rings (SSSR count). The van der Waals surface area contributed by atoms with Crippen molar-refractivity contribution >= 4 is 0 Å². The first-order valence-corrected chi connectivity index (χ1v) is 4.88. The Morgan fingerprint density at radius 2 is 1.86 bits per heavy atom. The first-order valence-electron chi connectivity index (χ1n) is 4.88. The summed E-state index contributed by atoms with van der Waals surface area (Å²) in [6, 6.07) is 9.78. The van der Waals surface area contributed by atoms with E-state index in [4.69, 9.17) is 10.2 Å². The monoisotopic (exact) mass is 195 g/mol. The van der Waals surface area contributed by atoms with Crippen LogP contribution in [0.4, 0.5) is 0 Å². The zero-order chi connectivity index (χ0) is 10.2. The molecule has 3 heteroatoms. The minimum atomic E-state index is -0.0252. The molecule has 0 aliphatic rings. The van der Waals surface area contributed by atoms with Crippen LogP contribution in [-0.4, -0.2) is 30.0 Å². The van der Waals surface area contributed by atoms with Gasteiger partial charge < -0.3 is 15.5 Å². The average molecular weight is 195 g/mol. The van der Waals surface area contributed by atoms with E-state index in [-0.39, 0.29) is 19.3 Å². The molecule has 78 valence electrons. The van der Waals surface area contributed by atoms with Crippen LogP contribution in [0.15, 0.2) is 30.3 Å². The molecule has 14 heavy (non-hydrogen) atoms. The van der Waals surface area contributed by atoms with Crippen molar-refractivity contribution in [3.8, 4) is 0 Å². The van der Waals surface area contributed by atoms with Gasteiger partial charge in [-0.3, -0.25) is 0 Å². The molecule has 0 radical (unpaired) electrons. The molecule has 1 atom stereocenters. The third kappa shape index (κ3) is 3.46. The number of aliphatic hydroxyl groups is 2. The van der Waals surface area contributed by atoms with Gasteiger partial charge in [0.15, 0.2) is 0 Å². The van der Waals surface area contributed by atoms with Crippen LogP contribution in [0.2, 0.25) is 0 Å². The number of aliphatic hydroxyl groups excluding tert-OH is 2. The zero-order valence-corrected chi connectivity index (χ0v) is 8.19. The molecule has 0 aliphatic heterocycles. The molecule has 0 saturated carbocycles. The van der Waals surface area contributed by atoms with Crippen molar-refractivity contribution in [2.75, 3.05) is 19.8 Å². The van der Waals surface area contributed by atoms with E-state index in [1.807, 2.05) is 30.3 Å². The number of benzene rings is 1. The summed E-state index contributed by atoms with van der Waals surface area (Å²) < 4.78 is 0. The van der Waals surface area contributed by atoms with Crippen LogP contribution in [0.1, 0.15) is 18.0 Å². The molecule has 0 heterocycles. The Labute approximate surface area is 84.4 Å². The molecule has 0 bridgehead atoms. The molecule has 3 nitrogen and oxygen atoms in total. The van der Waals surface area contributed by atoms with Crippen molar-refractivity contribution in [1.82, 2.24) is 5.32 Å². The maximum absolute atomic E-state index is 9.15. The van der Waals surface area contributed by atoms with Gasteiger partial charge in [-0.25, -0.2) is 0 Å². The molecule has 3 N–H and O–H groups in total. The summed E-state index contributed by atoms with van der Waals surface area (Å²) >= 11 is 0. The second-order valence-corrected chi connectivity index (χ2v) is 3.18. The topological polar surface area (TPSA) is 52.5 Å². The average Bonchev–Trinajstić information content (AvgIpc) is 2.26. The van der Waals surface area contributed by atoms with E-state index < -0.39 is 0 Å². The van der Waals surface area contributed by atoms with Crippen LogP contribution in [-0.2, 0) is 0 Å². The van der Waals surface area contributed by atoms with E-state index in [9.17, 15) is 0 Å². The Balaban J connectivity index is 2.46. The van der Waals surface area contributed by atoms with Crippen LogP contribution in [0, 0.1) is 0 Å². The molecule has 1 aromatic rings. The molecule has 1 aromatic carbocycles. The molecule has 0 aromatic heterocycles. The largest absolute Gasteiger partial charge is 0.396 e. The smallest absolute Gasteiger partial charge is 0.0626 e. The van der Waals surface area contributed by atoms with Gasteiger partial charge in [0.1, 0.15) is 0 Å². The molecule has 0 saturated heterocycles. The summed E-state index contributed by atoms with van der Waals surface area (Å²) in [5.74, 6) is 0. The van der Waals surface area contributed by atoms with Gasteiger partial charge in [-0.1, -0.05) is 30.3 Å². The van der Waals surface area contributed by atoms with Gasteiger partial charge in [0.25, 0.3) is 0 Å². The van der Waals surface area contributed by atoms with Gasteiger partial charge in [-0.2, -0.15) is 0 Å². The van der Waals surface area contributed by atoms with Gasteiger partial charge in [0, 0.05) is 6.61 Å². The summed E-state index contributed by atoms with van der Waals surface area (Å²) in [5, 5.41) is 21.0. The summed E-state index contributed by atoms with van der Waals surface area (Å²) in [7, 11) is 0. The minimum absolute atomic E-state index is 0.0252. The fourth-order valence-corrected chi connectivity index (χ4v) is 1.33. The number of nitrogens with one attached hydrogen (secondary N) is 1. The van der Waals surface area contributed by atoms with E-state index in [0.29, 0.717) is 6.42 Å². The molecular weight excluding hydrogens is 178 g/mol. The number of hydrogen-bond donors (Lipinski definition) is 3. The second-order valence-electron chi connectivity index (χ2n) is 3.18. The van der Waals surface area contributed by atoms with Crippen LogP contribution < -0.4 is 5.32 Å². The third-order valence-corrected chi connectivity index (χ3v) is 2.11.